The second-order valence-electron chi connectivity index (χ2n) is 7.18. The van der Waals surface area contributed by atoms with Gasteiger partial charge in [-0.25, -0.2) is 4.79 Å². The molecular weight excluding hydrogens is 282 g/mol. The molecule has 0 aromatic heterocycles. The van der Waals surface area contributed by atoms with E-state index in [9.17, 15) is 9.59 Å². The van der Waals surface area contributed by atoms with Gasteiger partial charge in [0.15, 0.2) is 0 Å². The minimum atomic E-state index is -0.521. The topological polar surface area (TPSA) is 53.1 Å². The van der Waals surface area contributed by atoms with E-state index in [-0.39, 0.29) is 18.0 Å². The zero-order valence-electron chi connectivity index (χ0n) is 14.1. The Balaban J connectivity index is 2.00. The Morgan fingerprint density at radius 1 is 1.18 bits per heavy atom. The second-order valence-corrected chi connectivity index (χ2v) is 7.18. The average molecular weight is 309 g/mol. The summed E-state index contributed by atoms with van der Waals surface area (Å²) in [6, 6.07) is -0.299. The standard InChI is InChI=1S/C16H27N3O3/c1-12-6-7-18(10-12)14(20)13-11-19(9-8-17(13)5)15(21)22-16(2,3)4/h13H,1,6-11H2,2-5H3. The van der Waals surface area contributed by atoms with Crippen LogP contribution >= 0.6 is 0 Å². The average Bonchev–Trinajstić information content (AvgIpc) is 2.83. The molecule has 0 bridgehead atoms. The third kappa shape index (κ3) is 4.00. The van der Waals surface area contributed by atoms with Crippen molar-refractivity contribution in [3.05, 3.63) is 12.2 Å². The monoisotopic (exact) mass is 309 g/mol. The van der Waals surface area contributed by atoms with Crippen molar-refractivity contribution in [2.75, 3.05) is 39.8 Å². The number of carbonyl (C=O) groups is 2. The summed E-state index contributed by atoms with van der Waals surface area (Å²) in [7, 11) is 1.93. The Bertz CT molecular complexity index is 470. The molecule has 1 atom stereocenters. The van der Waals surface area contributed by atoms with Crippen molar-refractivity contribution in [1.82, 2.24) is 14.7 Å². The summed E-state index contributed by atoms with van der Waals surface area (Å²) in [5.41, 5.74) is 0.572. The predicted molar refractivity (Wildman–Crippen MR) is 84.6 cm³/mol. The molecule has 2 aliphatic rings. The van der Waals surface area contributed by atoms with Crippen molar-refractivity contribution in [3.63, 3.8) is 0 Å². The summed E-state index contributed by atoms with van der Waals surface area (Å²) in [5.74, 6) is 0.0782. The van der Waals surface area contributed by atoms with E-state index in [0.29, 0.717) is 26.2 Å². The van der Waals surface area contributed by atoms with Crippen molar-refractivity contribution in [1.29, 1.82) is 0 Å². The van der Waals surface area contributed by atoms with E-state index in [4.69, 9.17) is 4.74 Å². The van der Waals surface area contributed by atoms with Gasteiger partial charge in [0, 0.05) is 32.7 Å². The van der Waals surface area contributed by atoms with Crippen molar-refractivity contribution < 1.29 is 14.3 Å². The fourth-order valence-electron chi connectivity index (χ4n) is 2.75. The van der Waals surface area contributed by atoms with E-state index in [2.05, 4.69) is 6.58 Å². The smallest absolute Gasteiger partial charge is 0.410 e. The summed E-state index contributed by atoms with van der Waals surface area (Å²) >= 11 is 0. The molecule has 6 nitrogen and oxygen atoms in total. The minimum Gasteiger partial charge on any atom is -0.444 e. The molecule has 0 aromatic rings. The molecule has 2 rings (SSSR count). The highest BCUT2D eigenvalue weighted by Crippen LogP contribution is 2.19. The highest BCUT2D eigenvalue weighted by atomic mass is 16.6. The summed E-state index contributed by atoms with van der Waals surface area (Å²) in [5, 5.41) is 0. The second kappa shape index (κ2) is 6.28. The maximum absolute atomic E-state index is 12.7. The molecule has 2 fully saturated rings. The van der Waals surface area contributed by atoms with Gasteiger partial charge in [0.2, 0.25) is 5.91 Å². The van der Waals surface area contributed by atoms with E-state index in [1.54, 1.807) is 4.90 Å². The molecule has 2 saturated heterocycles. The number of piperazine rings is 1. The molecule has 6 heteroatoms. The lowest BCUT2D eigenvalue weighted by Crippen LogP contribution is -2.59. The van der Waals surface area contributed by atoms with Crippen molar-refractivity contribution >= 4 is 12.0 Å². The molecule has 2 heterocycles. The van der Waals surface area contributed by atoms with Crippen LogP contribution < -0.4 is 0 Å². The number of carbonyl (C=O) groups excluding carboxylic acids is 2. The van der Waals surface area contributed by atoms with Gasteiger partial charge in [-0.3, -0.25) is 9.69 Å². The number of amides is 2. The van der Waals surface area contributed by atoms with Crippen LogP contribution in [0.4, 0.5) is 4.79 Å². The van der Waals surface area contributed by atoms with Crippen molar-refractivity contribution in [2.24, 2.45) is 0 Å². The summed E-state index contributed by atoms with van der Waals surface area (Å²) in [4.78, 5) is 30.4. The van der Waals surface area contributed by atoms with E-state index >= 15 is 0 Å². The Labute approximate surface area is 132 Å². The lowest BCUT2D eigenvalue weighted by molar-refractivity contribution is -0.137. The van der Waals surface area contributed by atoms with Crippen LogP contribution in [-0.2, 0) is 9.53 Å². The van der Waals surface area contributed by atoms with E-state index in [1.807, 2.05) is 37.6 Å². The van der Waals surface area contributed by atoms with Crippen LogP contribution in [0.25, 0.3) is 0 Å². The zero-order valence-corrected chi connectivity index (χ0v) is 14.1. The van der Waals surface area contributed by atoms with Crippen LogP contribution in [0.1, 0.15) is 27.2 Å². The SMILES string of the molecule is C=C1CCN(C(=O)C2CN(C(=O)OC(C)(C)C)CCN2C)C1. The highest BCUT2D eigenvalue weighted by Gasteiger charge is 2.37. The largest absolute Gasteiger partial charge is 0.444 e. The molecule has 1 unspecified atom stereocenters. The molecule has 124 valence electrons. The summed E-state index contributed by atoms with van der Waals surface area (Å²) in [6.07, 6.45) is 0.530. The molecule has 2 amide bonds. The van der Waals surface area contributed by atoms with Gasteiger partial charge in [-0.2, -0.15) is 0 Å². The quantitative estimate of drug-likeness (QED) is 0.686. The lowest BCUT2D eigenvalue weighted by atomic mass is 10.1. The number of hydrogen-bond acceptors (Lipinski definition) is 4. The minimum absolute atomic E-state index is 0.0782. The van der Waals surface area contributed by atoms with E-state index in [1.165, 1.54) is 0 Å². The van der Waals surface area contributed by atoms with E-state index in [0.717, 1.165) is 18.5 Å². The van der Waals surface area contributed by atoms with Crippen molar-refractivity contribution in [2.45, 2.75) is 38.8 Å². The molecular formula is C16H27N3O3. The number of likely N-dealkylation sites (tertiary alicyclic amines) is 1. The Morgan fingerprint density at radius 3 is 2.41 bits per heavy atom. The van der Waals surface area contributed by atoms with Gasteiger partial charge in [0.1, 0.15) is 11.6 Å². The first-order valence-corrected chi connectivity index (χ1v) is 7.81. The predicted octanol–water partition coefficient (Wildman–Crippen LogP) is 1.33. The van der Waals surface area contributed by atoms with Gasteiger partial charge >= 0.3 is 6.09 Å². The van der Waals surface area contributed by atoms with Gasteiger partial charge in [-0.1, -0.05) is 12.2 Å². The Kier molecular flexibility index (Phi) is 4.80. The molecule has 0 aromatic carbocycles. The number of hydrogen-bond donors (Lipinski definition) is 0. The van der Waals surface area contributed by atoms with Crippen LogP contribution in [0.5, 0.6) is 0 Å². The number of rotatable bonds is 1. The fourth-order valence-corrected chi connectivity index (χ4v) is 2.75. The number of likely N-dealkylation sites (N-methyl/N-ethyl adjacent to an activating group) is 1. The summed E-state index contributed by atoms with van der Waals surface area (Å²) in [6.45, 7) is 12.5. The van der Waals surface area contributed by atoms with Crippen molar-refractivity contribution in [3.8, 4) is 0 Å². The number of ether oxygens (including phenoxy) is 1. The van der Waals surface area contributed by atoms with Gasteiger partial charge < -0.3 is 14.5 Å². The Morgan fingerprint density at radius 2 is 1.86 bits per heavy atom. The maximum atomic E-state index is 12.7. The zero-order chi connectivity index (χ0) is 16.5. The third-order valence-electron chi connectivity index (χ3n) is 4.05. The van der Waals surface area contributed by atoms with Gasteiger partial charge in [-0.15, -0.1) is 0 Å². The highest BCUT2D eigenvalue weighted by molar-refractivity contribution is 5.83. The Hall–Kier alpha value is -1.56. The lowest BCUT2D eigenvalue weighted by Gasteiger charge is -2.40. The van der Waals surface area contributed by atoms with E-state index < -0.39 is 5.60 Å². The summed E-state index contributed by atoms with van der Waals surface area (Å²) < 4.78 is 5.41. The fraction of sp³-hybridized carbons (Fsp3) is 0.750. The molecule has 0 aliphatic carbocycles. The first kappa shape index (κ1) is 16.8. The van der Waals surface area contributed by atoms with Gasteiger partial charge in [0.05, 0.1) is 0 Å². The first-order chi connectivity index (χ1) is 10.2. The van der Waals surface area contributed by atoms with Crippen LogP contribution in [0.3, 0.4) is 0 Å². The third-order valence-corrected chi connectivity index (χ3v) is 4.05. The number of nitrogens with zero attached hydrogens (tertiary/aromatic N) is 3. The maximum Gasteiger partial charge on any atom is 0.410 e. The molecule has 0 spiro atoms. The molecule has 0 radical (unpaired) electrons. The molecule has 2 aliphatic heterocycles. The molecule has 0 N–H and O–H groups in total. The normalized spacial score (nSPS) is 23.8. The molecule has 0 saturated carbocycles. The van der Waals surface area contributed by atoms with Crippen LogP contribution in [0.2, 0.25) is 0 Å². The van der Waals surface area contributed by atoms with Gasteiger partial charge in [0.25, 0.3) is 0 Å². The van der Waals surface area contributed by atoms with Gasteiger partial charge in [-0.05, 0) is 34.2 Å². The first-order valence-electron chi connectivity index (χ1n) is 7.81. The van der Waals surface area contributed by atoms with Crippen LogP contribution in [-0.4, -0.2) is 78.1 Å². The molecule has 22 heavy (non-hydrogen) atoms. The van der Waals surface area contributed by atoms with Crippen LogP contribution in [0.15, 0.2) is 12.2 Å². The van der Waals surface area contributed by atoms with Crippen LogP contribution in [0, 0.1) is 0 Å².